The van der Waals surface area contributed by atoms with Crippen molar-refractivity contribution < 1.29 is 28.3 Å². The fourth-order valence-corrected chi connectivity index (χ4v) is 4.77. The minimum atomic E-state index is -1.04. The predicted octanol–water partition coefficient (Wildman–Crippen LogP) is 4.15. The third kappa shape index (κ3) is 5.47. The molecule has 2 N–H and O–H groups in total. The number of carbonyl (C=O) groups excluding carboxylic acids is 4. The van der Waals surface area contributed by atoms with Crippen LogP contribution in [0.4, 0.5) is 14.9 Å². The summed E-state index contributed by atoms with van der Waals surface area (Å²) in [6, 6.07) is 11.0. The van der Waals surface area contributed by atoms with Gasteiger partial charge in [-0.15, -0.1) is 0 Å². The fourth-order valence-electron chi connectivity index (χ4n) is 4.37. The van der Waals surface area contributed by atoms with E-state index in [1.54, 1.807) is 24.3 Å². The highest BCUT2D eigenvalue weighted by Gasteiger charge is 2.43. The molecule has 3 heterocycles. The highest BCUT2D eigenvalue weighted by molar-refractivity contribution is 6.31. The molecule has 0 saturated carbocycles. The molecule has 2 unspecified atom stereocenters. The molecule has 2 aliphatic heterocycles. The number of anilines is 1. The number of halogens is 3. The molecular formula is C27H19Cl2FN4O5. The van der Waals surface area contributed by atoms with Crippen LogP contribution in [0.3, 0.4) is 0 Å². The third-order valence-electron chi connectivity index (χ3n) is 6.24. The lowest BCUT2D eigenvalue weighted by molar-refractivity contribution is -0.129. The summed E-state index contributed by atoms with van der Waals surface area (Å²) in [6.07, 6.45) is 4.25. The number of benzene rings is 2. The first-order valence-electron chi connectivity index (χ1n) is 11.7. The maximum absolute atomic E-state index is 13.7. The van der Waals surface area contributed by atoms with Crippen molar-refractivity contribution in [1.29, 1.82) is 0 Å². The zero-order valence-corrected chi connectivity index (χ0v) is 21.5. The van der Waals surface area contributed by atoms with Crippen molar-refractivity contribution in [3.63, 3.8) is 0 Å². The van der Waals surface area contributed by atoms with Crippen molar-refractivity contribution in [3.05, 3.63) is 99.6 Å². The Bertz CT molecular complexity index is 1530. The van der Waals surface area contributed by atoms with Gasteiger partial charge in [0.25, 0.3) is 5.91 Å². The number of rotatable bonds is 6. The van der Waals surface area contributed by atoms with E-state index in [-0.39, 0.29) is 35.2 Å². The number of nitrogens with zero attached hydrogens (tertiary/aromatic N) is 2. The van der Waals surface area contributed by atoms with Crippen LogP contribution < -0.4 is 20.3 Å². The van der Waals surface area contributed by atoms with Crippen LogP contribution in [0.25, 0.3) is 0 Å². The van der Waals surface area contributed by atoms with E-state index in [2.05, 4.69) is 15.6 Å². The summed E-state index contributed by atoms with van der Waals surface area (Å²) in [6.45, 7) is -0.194. The van der Waals surface area contributed by atoms with E-state index < -0.39 is 41.4 Å². The molecule has 1 saturated heterocycles. The molecule has 9 nitrogen and oxygen atoms in total. The van der Waals surface area contributed by atoms with Crippen molar-refractivity contribution in [1.82, 2.24) is 15.6 Å². The Morgan fingerprint density at radius 3 is 2.64 bits per heavy atom. The van der Waals surface area contributed by atoms with E-state index >= 15 is 0 Å². The van der Waals surface area contributed by atoms with Gasteiger partial charge in [0.2, 0.25) is 11.8 Å². The lowest BCUT2D eigenvalue weighted by Crippen LogP contribution is -2.55. The topological polar surface area (TPSA) is 118 Å². The van der Waals surface area contributed by atoms with Gasteiger partial charge in [-0.05, 0) is 54.1 Å². The van der Waals surface area contributed by atoms with Crippen LogP contribution in [-0.2, 0) is 21.0 Å². The second kappa shape index (κ2) is 10.8. The van der Waals surface area contributed by atoms with Crippen LogP contribution in [0.1, 0.15) is 17.0 Å². The summed E-state index contributed by atoms with van der Waals surface area (Å²) in [7, 11) is 0. The number of pyridine rings is 1. The molecule has 0 aliphatic carbocycles. The molecule has 0 spiro atoms. The number of hydrogen-bond donors (Lipinski definition) is 2. The van der Waals surface area contributed by atoms with E-state index in [4.69, 9.17) is 27.9 Å². The Kier molecular flexibility index (Phi) is 7.32. The van der Waals surface area contributed by atoms with E-state index in [0.717, 1.165) is 4.90 Å². The number of amides is 5. The Balaban J connectivity index is 1.53. The maximum atomic E-state index is 13.7. The number of ether oxygens (including phenoxy) is 1. The average molecular weight is 569 g/mol. The first-order valence-corrected chi connectivity index (χ1v) is 12.4. The number of urea groups is 1. The molecular weight excluding hydrogens is 550 g/mol. The van der Waals surface area contributed by atoms with Crippen LogP contribution in [0.2, 0.25) is 10.0 Å². The Hall–Kier alpha value is -4.28. The summed E-state index contributed by atoms with van der Waals surface area (Å²) in [4.78, 5) is 56.4. The minimum Gasteiger partial charge on any atom is -0.489 e. The second-order valence-corrected chi connectivity index (χ2v) is 9.63. The third-order valence-corrected chi connectivity index (χ3v) is 6.82. The molecule has 0 radical (unpaired) electrons. The Labute approximate surface area is 231 Å². The number of carbonyl (C=O) groups is 4. The average Bonchev–Trinajstić information content (AvgIpc) is 2.90. The van der Waals surface area contributed by atoms with Crippen molar-refractivity contribution in [2.24, 2.45) is 5.92 Å². The van der Waals surface area contributed by atoms with Crippen LogP contribution >= 0.6 is 23.2 Å². The van der Waals surface area contributed by atoms with Gasteiger partial charge < -0.3 is 10.1 Å². The van der Waals surface area contributed by atoms with E-state index in [9.17, 15) is 23.6 Å². The Morgan fingerprint density at radius 1 is 1.08 bits per heavy atom. The monoisotopic (exact) mass is 568 g/mol. The molecule has 198 valence electrons. The van der Waals surface area contributed by atoms with Gasteiger partial charge in [0, 0.05) is 33.9 Å². The molecule has 1 fully saturated rings. The molecule has 12 heteroatoms. The van der Waals surface area contributed by atoms with E-state index in [1.807, 2.05) is 0 Å². The number of nitrogens with one attached hydrogen (secondary N) is 2. The fraction of sp³-hybridized carbons (Fsp3) is 0.148. The highest BCUT2D eigenvalue weighted by atomic mass is 35.5. The van der Waals surface area contributed by atoms with Gasteiger partial charge in [-0.3, -0.25) is 24.7 Å². The maximum Gasteiger partial charge on any atom is 0.321 e. The molecule has 5 amide bonds. The lowest BCUT2D eigenvalue weighted by Gasteiger charge is -2.33. The zero-order valence-electron chi connectivity index (χ0n) is 20.0. The van der Waals surface area contributed by atoms with E-state index in [0.29, 0.717) is 16.1 Å². The van der Waals surface area contributed by atoms with Crippen LogP contribution in [0.5, 0.6) is 5.75 Å². The number of aromatic nitrogens is 1. The highest BCUT2D eigenvalue weighted by Crippen LogP contribution is 2.36. The Morgan fingerprint density at radius 2 is 1.90 bits per heavy atom. The first kappa shape index (κ1) is 26.3. The van der Waals surface area contributed by atoms with Crippen LogP contribution in [0.15, 0.2) is 72.6 Å². The van der Waals surface area contributed by atoms with E-state index in [1.165, 1.54) is 42.7 Å². The smallest absolute Gasteiger partial charge is 0.321 e. The van der Waals surface area contributed by atoms with Crippen molar-refractivity contribution in [3.8, 4) is 5.75 Å². The molecule has 3 aromatic rings. The normalized spacial score (nSPS) is 19.4. The zero-order chi connectivity index (χ0) is 27.7. The lowest BCUT2D eigenvalue weighted by atomic mass is 9.85. The summed E-state index contributed by atoms with van der Waals surface area (Å²) < 4.78 is 19.5. The standard InChI is InChI=1S/C27H19Cl2FN4O5/c28-16-6-14(8-19(9-16)39-13-15-7-17(30)3-4-23(15)29)20-10-21(22-12-32-27(38)33-24(22)35)26(37)34(25(20)36)18-2-1-5-31-11-18/h1-11,20,22H,12-13H2,(H2,32,33,35,38). The molecule has 5 rings (SSSR count). The largest absolute Gasteiger partial charge is 0.489 e. The summed E-state index contributed by atoms with van der Waals surface area (Å²) >= 11 is 12.5. The van der Waals surface area contributed by atoms with Crippen LogP contribution in [0, 0.1) is 11.7 Å². The minimum absolute atomic E-state index is 0.0231. The molecule has 0 bridgehead atoms. The molecule has 2 aliphatic rings. The van der Waals surface area contributed by atoms with Gasteiger partial charge in [0.15, 0.2) is 0 Å². The van der Waals surface area contributed by atoms with Gasteiger partial charge in [-0.25, -0.2) is 14.1 Å². The summed E-state index contributed by atoms with van der Waals surface area (Å²) in [5.74, 6) is -4.25. The van der Waals surface area contributed by atoms with Crippen molar-refractivity contribution >= 4 is 52.6 Å². The molecule has 2 aromatic carbocycles. The van der Waals surface area contributed by atoms with Gasteiger partial charge in [0.1, 0.15) is 18.2 Å². The summed E-state index contributed by atoms with van der Waals surface area (Å²) in [5.41, 5.74) is 1.03. The number of hydrogen-bond acceptors (Lipinski definition) is 6. The SMILES string of the molecule is O=C1NCC(C2=CC(c3cc(Cl)cc(OCc4cc(F)ccc4Cl)c3)C(=O)N(c3cccnc3)C2=O)C(=O)N1. The van der Waals surface area contributed by atoms with Gasteiger partial charge in [-0.1, -0.05) is 29.3 Å². The van der Waals surface area contributed by atoms with Gasteiger partial charge in [0.05, 0.1) is 23.7 Å². The summed E-state index contributed by atoms with van der Waals surface area (Å²) in [5, 5.41) is 5.21. The molecule has 1 aromatic heterocycles. The van der Waals surface area contributed by atoms with Crippen molar-refractivity contribution in [2.75, 3.05) is 11.4 Å². The van der Waals surface area contributed by atoms with Crippen molar-refractivity contribution in [2.45, 2.75) is 12.5 Å². The first-order chi connectivity index (χ1) is 18.7. The number of imide groups is 2. The van der Waals surface area contributed by atoms with Gasteiger partial charge in [-0.2, -0.15) is 0 Å². The molecule has 39 heavy (non-hydrogen) atoms. The van der Waals surface area contributed by atoms with Crippen LogP contribution in [-0.4, -0.2) is 35.3 Å². The molecule has 2 atom stereocenters. The van der Waals surface area contributed by atoms with Gasteiger partial charge >= 0.3 is 6.03 Å². The predicted molar refractivity (Wildman–Crippen MR) is 140 cm³/mol. The second-order valence-electron chi connectivity index (χ2n) is 8.79. The quantitative estimate of drug-likeness (QED) is 0.431.